The van der Waals surface area contributed by atoms with Crippen molar-refractivity contribution >= 4 is 29.9 Å². The summed E-state index contributed by atoms with van der Waals surface area (Å²) in [6, 6.07) is 7.17. The number of carbonyl (C=O) groups is 2. The largest absolute Gasteiger partial charge is 0.352 e. The number of anilines is 1. The minimum Gasteiger partial charge on any atom is -0.352 e. The van der Waals surface area contributed by atoms with Gasteiger partial charge in [-0.25, -0.2) is 0 Å². The van der Waals surface area contributed by atoms with E-state index in [1.165, 1.54) is 0 Å². The highest BCUT2D eigenvalue weighted by molar-refractivity contribution is 6.03. The Labute approximate surface area is 137 Å². The van der Waals surface area contributed by atoms with Gasteiger partial charge in [-0.3, -0.25) is 9.59 Å². The van der Waals surface area contributed by atoms with Crippen LogP contribution in [0.5, 0.6) is 0 Å². The Hall–Kier alpha value is -1.59. The second-order valence-corrected chi connectivity index (χ2v) is 5.51. The zero-order valence-corrected chi connectivity index (χ0v) is 13.6. The predicted molar refractivity (Wildman–Crippen MR) is 90.3 cm³/mol. The van der Waals surface area contributed by atoms with Crippen LogP contribution in [-0.4, -0.2) is 24.4 Å². The molecule has 22 heavy (non-hydrogen) atoms. The monoisotopic (exact) mass is 325 g/mol. The molecule has 2 amide bonds. The van der Waals surface area contributed by atoms with Crippen LogP contribution in [0.3, 0.4) is 0 Å². The Morgan fingerprint density at radius 2 is 2.00 bits per heavy atom. The number of hydrogen-bond donors (Lipinski definition) is 3. The third-order valence-electron chi connectivity index (χ3n) is 3.95. The molecular formula is C16H24ClN3O2. The minimum absolute atomic E-state index is 0. The highest BCUT2D eigenvalue weighted by atomic mass is 35.5. The Kier molecular flexibility index (Phi) is 7.35. The molecule has 0 heterocycles. The van der Waals surface area contributed by atoms with E-state index >= 15 is 0 Å². The van der Waals surface area contributed by atoms with Crippen molar-refractivity contribution in [1.82, 2.24) is 5.32 Å². The van der Waals surface area contributed by atoms with E-state index in [4.69, 9.17) is 5.73 Å². The van der Waals surface area contributed by atoms with Crippen LogP contribution in [0.4, 0.5) is 5.69 Å². The van der Waals surface area contributed by atoms with Crippen LogP contribution >= 0.6 is 12.4 Å². The van der Waals surface area contributed by atoms with E-state index in [1.807, 2.05) is 6.92 Å². The number of hydrogen-bond acceptors (Lipinski definition) is 3. The summed E-state index contributed by atoms with van der Waals surface area (Å²) in [5.41, 5.74) is 7.04. The highest BCUT2D eigenvalue weighted by Crippen LogP contribution is 2.27. The number of carbonyl (C=O) groups excluding carboxylic acids is 2. The summed E-state index contributed by atoms with van der Waals surface area (Å²) in [4.78, 5) is 24.1. The molecule has 0 aliphatic heterocycles. The van der Waals surface area contributed by atoms with Gasteiger partial charge in [0.2, 0.25) is 5.91 Å². The first kappa shape index (κ1) is 18.5. The Balaban J connectivity index is 0.00000242. The summed E-state index contributed by atoms with van der Waals surface area (Å²) in [6.07, 6.45) is 3.51. The van der Waals surface area contributed by atoms with E-state index < -0.39 is 0 Å². The van der Waals surface area contributed by atoms with E-state index in [0.717, 1.165) is 19.3 Å². The SMILES string of the molecule is CCNC(=O)c1ccccc1NC(=O)C[C@@H]1CCC[C@H]1N.Cl. The minimum atomic E-state index is -0.175. The zero-order chi connectivity index (χ0) is 15.2. The number of halogens is 1. The van der Waals surface area contributed by atoms with Gasteiger partial charge in [0.1, 0.15) is 0 Å². The summed E-state index contributed by atoms with van der Waals surface area (Å²) < 4.78 is 0. The fourth-order valence-electron chi connectivity index (χ4n) is 2.80. The molecule has 1 aromatic carbocycles. The van der Waals surface area contributed by atoms with Gasteiger partial charge in [-0.2, -0.15) is 0 Å². The molecule has 0 unspecified atom stereocenters. The molecule has 0 aromatic heterocycles. The summed E-state index contributed by atoms with van der Waals surface area (Å²) in [7, 11) is 0. The van der Waals surface area contributed by atoms with Crippen molar-refractivity contribution in [2.75, 3.05) is 11.9 Å². The molecule has 0 bridgehead atoms. The number of rotatable bonds is 5. The molecule has 6 heteroatoms. The normalized spacial score (nSPS) is 20.1. The van der Waals surface area contributed by atoms with Crippen LogP contribution in [0.1, 0.15) is 43.0 Å². The van der Waals surface area contributed by atoms with Gasteiger partial charge in [0, 0.05) is 19.0 Å². The summed E-state index contributed by atoms with van der Waals surface area (Å²) in [6.45, 7) is 2.42. The first-order valence-electron chi connectivity index (χ1n) is 7.54. The molecule has 1 saturated carbocycles. The van der Waals surface area contributed by atoms with Crippen LogP contribution in [0, 0.1) is 5.92 Å². The molecule has 2 rings (SSSR count). The van der Waals surface area contributed by atoms with E-state index in [2.05, 4.69) is 10.6 Å². The van der Waals surface area contributed by atoms with E-state index in [0.29, 0.717) is 24.2 Å². The molecule has 1 aliphatic rings. The smallest absolute Gasteiger partial charge is 0.253 e. The molecule has 5 nitrogen and oxygen atoms in total. The van der Waals surface area contributed by atoms with Gasteiger partial charge in [0.05, 0.1) is 11.3 Å². The average Bonchev–Trinajstić information content (AvgIpc) is 2.85. The number of para-hydroxylation sites is 1. The molecule has 1 aliphatic carbocycles. The van der Waals surface area contributed by atoms with Crippen molar-refractivity contribution in [3.8, 4) is 0 Å². The molecule has 1 fully saturated rings. The lowest BCUT2D eigenvalue weighted by Gasteiger charge is -2.16. The lowest BCUT2D eigenvalue weighted by Crippen LogP contribution is -2.29. The molecule has 0 radical (unpaired) electrons. The Morgan fingerprint density at radius 3 is 2.64 bits per heavy atom. The van der Waals surface area contributed by atoms with Crippen molar-refractivity contribution in [3.63, 3.8) is 0 Å². The van der Waals surface area contributed by atoms with E-state index in [-0.39, 0.29) is 36.2 Å². The average molecular weight is 326 g/mol. The van der Waals surface area contributed by atoms with Crippen molar-refractivity contribution < 1.29 is 9.59 Å². The topological polar surface area (TPSA) is 84.2 Å². The molecule has 2 atom stereocenters. The lowest BCUT2D eigenvalue weighted by atomic mass is 9.99. The van der Waals surface area contributed by atoms with Crippen molar-refractivity contribution in [3.05, 3.63) is 29.8 Å². The highest BCUT2D eigenvalue weighted by Gasteiger charge is 2.26. The maximum absolute atomic E-state index is 12.1. The quantitative estimate of drug-likeness (QED) is 0.776. The zero-order valence-electron chi connectivity index (χ0n) is 12.8. The van der Waals surface area contributed by atoms with Crippen LogP contribution in [0.2, 0.25) is 0 Å². The van der Waals surface area contributed by atoms with Gasteiger partial charge in [0.25, 0.3) is 5.91 Å². The van der Waals surface area contributed by atoms with E-state index in [9.17, 15) is 9.59 Å². The Bertz CT molecular complexity index is 522. The summed E-state index contributed by atoms with van der Waals surface area (Å²) >= 11 is 0. The van der Waals surface area contributed by atoms with Crippen molar-refractivity contribution in [2.45, 2.75) is 38.6 Å². The Morgan fingerprint density at radius 1 is 1.27 bits per heavy atom. The standard InChI is InChI=1S/C16H23N3O2.ClH/c1-2-18-16(21)12-7-3-4-9-14(12)19-15(20)10-11-6-5-8-13(11)17;/h3-4,7,9,11,13H,2,5-6,8,10,17H2,1H3,(H,18,21)(H,19,20);1H/t11-,13+;/m0./s1. The van der Waals surface area contributed by atoms with Gasteiger partial charge in [-0.15, -0.1) is 12.4 Å². The first-order valence-corrected chi connectivity index (χ1v) is 7.54. The second-order valence-electron chi connectivity index (χ2n) is 5.51. The third-order valence-corrected chi connectivity index (χ3v) is 3.95. The molecule has 122 valence electrons. The number of amides is 2. The van der Waals surface area contributed by atoms with Gasteiger partial charge in [-0.05, 0) is 37.8 Å². The van der Waals surface area contributed by atoms with Crippen LogP contribution in [-0.2, 0) is 4.79 Å². The first-order chi connectivity index (χ1) is 10.1. The molecule has 4 N–H and O–H groups in total. The molecular weight excluding hydrogens is 302 g/mol. The second kappa shape index (κ2) is 8.76. The van der Waals surface area contributed by atoms with Gasteiger partial charge in [0.15, 0.2) is 0 Å². The molecule has 1 aromatic rings. The lowest BCUT2D eigenvalue weighted by molar-refractivity contribution is -0.117. The maximum Gasteiger partial charge on any atom is 0.253 e. The van der Waals surface area contributed by atoms with Gasteiger partial charge < -0.3 is 16.4 Å². The summed E-state index contributed by atoms with van der Waals surface area (Å²) in [5.74, 6) is 0.00157. The molecule has 0 spiro atoms. The summed E-state index contributed by atoms with van der Waals surface area (Å²) in [5, 5.41) is 5.59. The van der Waals surface area contributed by atoms with Crippen molar-refractivity contribution in [2.24, 2.45) is 11.7 Å². The van der Waals surface area contributed by atoms with Crippen LogP contribution in [0.15, 0.2) is 24.3 Å². The van der Waals surface area contributed by atoms with Crippen LogP contribution < -0.4 is 16.4 Å². The predicted octanol–water partition coefficient (Wildman–Crippen LogP) is 2.31. The maximum atomic E-state index is 12.1. The number of benzene rings is 1. The fraction of sp³-hybridized carbons (Fsp3) is 0.500. The third kappa shape index (κ3) is 4.71. The molecule has 0 saturated heterocycles. The number of nitrogens with two attached hydrogens (primary N) is 1. The van der Waals surface area contributed by atoms with Crippen molar-refractivity contribution in [1.29, 1.82) is 0 Å². The van der Waals surface area contributed by atoms with E-state index in [1.54, 1.807) is 24.3 Å². The van der Waals surface area contributed by atoms with Crippen LogP contribution in [0.25, 0.3) is 0 Å². The number of nitrogens with one attached hydrogen (secondary N) is 2. The van der Waals surface area contributed by atoms with Gasteiger partial charge in [-0.1, -0.05) is 18.6 Å². The van der Waals surface area contributed by atoms with Gasteiger partial charge >= 0.3 is 0 Å². The fourth-order valence-corrected chi connectivity index (χ4v) is 2.80.